The molecule has 1 unspecified atom stereocenters. The van der Waals surface area contributed by atoms with Crippen molar-refractivity contribution in [1.29, 1.82) is 0 Å². The summed E-state index contributed by atoms with van der Waals surface area (Å²) in [5.41, 5.74) is 5.80. The molecular weight excluding hydrogens is 270 g/mol. The van der Waals surface area contributed by atoms with Gasteiger partial charge < -0.3 is 19.9 Å². The Morgan fingerprint density at radius 1 is 1.29 bits per heavy atom. The van der Waals surface area contributed by atoms with Crippen LogP contribution in [0.5, 0.6) is 0 Å². The van der Waals surface area contributed by atoms with Gasteiger partial charge in [0.2, 0.25) is 5.89 Å². The van der Waals surface area contributed by atoms with Crippen LogP contribution in [-0.2, 0) is 10.2 Å². The van der Waals surface area contributed by atoms with Crippen LogP contribution in [0.3, 0.4) is 0 Å². The molecule has 21 heavy (non-hydrogen) atoms. The van der Waals surface area contributed by atoms with E-state index in [2.05, 4.69) is 29.1 Å². The summed E-state index contributed by atoms with van der Waals surface area (Å²) in [7, 11) is 4.24. The van der Waals surface area contributed by atoms with Gasteiger partial charge >= 0.3 is 0 Å². The molecule has 7 heteroatoms. The quantitative estimate of drug-likeness (QED) is 0.840. The number of hydrogen-bond donors (Lipinski definition) is 1. The maximum Gasteiger partial charge on any atom is 0.234 e. The lowest BCUT2D eigenvalue weighted by Crippen LogP contribution is -2.45. The summed E-state index contributed by atoms with van der Waals surface area (Å²) in [5.74, 6) is 1.46. The molecule has 3 rings (SSSR count). The molecular formula is C14H25N5O2. The predicted molar refractivity (Wildman–Crippen MR) is 78.0 cm³/mol. The van der Waals surface area contributed by atoms with Crippen LogP contribution < -0.4 is 5.73 Å². The molecule has 0 aliphatic carbocycles. The third-order valence-corrected chi connectivity index (χ3v) is 4.89. The van der Waals surface area contributed by atoms with Crippen molar-refractivity contribution < 1.29 is 9.26 Å². The van der Waals surface area contributed by atoms with Crippen molar-refractivity contribution in [2.45, 2.75) is 24.3 Å². The molecule has 1 aromatic rings. The second-order valence-corrected chi connectivity index (χ2v) is 6.31. The maximum absolute atomic E-state index is 6.01. The number of piperazine rings is 1. The first-order chi connectivity index (χ1) is 10.1. The van der Waals surface area contributed by atoms with E-state index in [1.165, 1.54) is 0 Å². The monoisotopic (exact) mass is 295 g/mol. The van der Waals surface area contributed by atoms with E-state index in [0.29, 0.717) is 25.6 Å². The zero-order valence-corrected chi connectivity index (χ0v) is 12.9. The lowest BCUT2D eigenvalue weighted by Gasteiger charge is -2.36. The van der Waals surface area contributed by atoms with Gasteiger partial charge in [0, 0.05) is 39.4 Å². The van der Waals surface area contributed by atoms with E-state index in [0.717, 1.165) is 38.3 Å². The van der Waals surface area contributed by atoms with Gasteiger partial charge in [-0.1, -0.05) is 5.16 Å². The van der Waals surface area contributed by atoms with Gasteiger partial charge in [0.05, 0.1) is 11.5 Å². The molecule has 7 nitrogen and oxygen atoms in total. The molecule has 2 aliphatic heterocycles. The Morgan fingerprint density at radius 3 is 2.76 bits per heavy atom. The average molecular weight is 295 g/mol. The molecule has 118 valence electrons. The second kappa shape index (κ2) is 6.00. The summed E-state index contributed by atoms with van der Waals surface area (Å²) >= 11 is 0. The van der Waals surface area contributed by atoms with Gasteiger partial charge in [0.25, 0.3) is 0 Å². The first-order valence-electron chi connectivity index (χ1n) is 7.65. The number of nitrogens with zero attached hydrogens (tertiary/aromatic N) is 4. The molecule has 2 aliphatic rings. The zero-order valence-electron chi connectivity index (χ0n) is 12.9. The lowest BCUT2D eigenvalue weighted by molar-refractivity contribution is 0.0408. The van der Waals surface area contributed by atoms with Crippen LogP contribution in [0.25, 0.3) is 0 Å². The summed E-state index contributed by atoms with van der Waals surface area (Å²) in [4.78, 5) is 9.29. The smallest absolute Gasteiger partial charge is 0.234 e. The predicted octanol–water partition coefficient (Wildman–Crippen LogP) is -0.00520. The van der Waals surface area contributed by atoms with E-state index >= 15 is 0 Å². The molecule has 0 aromatic carbocycles. The van der Waals surface area contributed by atoms with E-state index < -0.39 is 0 Å². The minimum Gasteiger partial charge on any atom is -0.381 e. The van der Waals surface area contributed by atoms with Gasteiger partial charge in [0.1, 0.15) is 0 Å². The average Bonchev–Trinajstić information content (AvgIpc) is 3.00. The van der Waals surface area contributed by atoms with Gasteiger partial charge in [-0.05, 0) is 26.9 Å². The second-order valence-electron chi connectivity index (χ2n) is 6.31. The first kappa shape index (κ1) is 14.9. The van der Waals surface area contributed by atoms with Crippen molar-refractivity contribution in [2.75, 3.05) is 53.5 Å². The van der Waals surface area contributed by atoms with Crippen LogP contribution in [0.4, 0.5) is 0 Å². The third kappa shape index (κ3) is 2.83. The minimum atomic E-state index is -0.206. The highest BCUT2D eigenvalue weighted by Crippen LogP contribution is 2.33. The van der Waals surface area contributed by atoms with Crippen LogP contribution >= 0.6 is 0 Å². The Labute approximate surface area is 125 Å². The fraction of sp³-hybridized carbons (Fsp3) is 0.857. The van der Waals surface area contributed by atoms with Gasteiger partial charge in [0.15, 0.2) is 5.82 Å². The minimum absolute atomic E-state index is 0.191. The SMILES string of the molecule is CN1CCN(C)C(c2noc(C3(CN)CCOCC3)n2)C1. The number of ether oxygens (including phenoxy) is 1. The van der Waals surface area contributed by atoms with Crippen molar-refractivity contribution in [3.8, 4) is 0 Å². The van der Waals surface area contributed by atoms with Gasteiger partial charge in [-0.3, -0.25) is 4.90 Å². The molecule has 0 amide bonds. The summed E-state index contributed by atoms with van der Waals surface area (Å²) in [6, 6.07) is 0.191. The zero-order chi connectivity index (χ0) is 14.9. The van der Waals surface area contributed by atoms with E-state index in [9.17, 15) is 0 Å². The van der Waals surface area contributed by atoms with Crippen molar-refractivity contribution in [2.24, 2.45) is 5.73 Å². The van der Waals surface area contributed by atoms with Crippen LogP contribution in [0.15, 0.2) is 4.52 Å². The van der Waals surface area contributed by atoms with Crippen LogP contribution in [0.1, 0.15) is 30.6 Å². The fourth-order valence-electron chi connectivity index (χ4n) is 3.14. The third-order valence-electron chi connectivity index (χ3n) is 4.89. The first-order valence-corrected chi connectivity index (χ1v) is 7.65. The highest BCUT2D eigenvalue weighted by Gasteiger charge is 2.39. The molecule has 0 bridgehead atoms. The van der Waals surface area contributed by atoms with E-state index in [1.807, 2.05) is 0 Å². The standard InChI is InChI=1S/C14H25N5O2/c1-18-5-6-19(2)11(9-18)12-16-13(21-17-12)14(10-15)3-7-20-8-4-14/h11H,3-10,15H2,1-2H3. The largest absolute Gasteiger partial charge is 0.381 e. The number of hydrogen-bond acceptors (Lipinski definition) is 7. The number of rotatable bonds is 3. The molecule has 1 atom stereocenters. The lowest BCUT2D eigenvalue weighted by atomic mass is 9.80. The van der Waals surface area contributed by atoms with Crippen molar-refractivity contribution in [1.82, 2.24) is 19.9 Å². The van der Waals surface area contributed by atoms with Gasteiger partial charge in [-0.2, -0.15) is 4.98 Å². The van der Waals surface area contributed by atoms with Crippen molar-refractivity contribution in [3.05, 3.63) is 11.7 Å². The van der Waals surface area contributed by atoms with Crippen LogP contribution in [0.2, 0.25) is 0 Å². The van der Waals surface area contributed by atoms with Gasteiger partial charge in [-0.25, -0.2) is 0 Å². The van der Waals surface area contributed by atoms with Crippen LogP contribution in [-0.4, -0.2) is 73.4 Å². The summed E-state index contributed by atoms with van der Waals surface area (Å²) in [6.45, 7) is 4.96. The Morgan fingerprint density at radius 2 is 2.05 bits per heavy atom. The molecule has 2 saturated heterocycles. The molecule has 0 radical (unpaired) electrons. The molecule has 3 heterocycles. The Bertz CT molecular complexity index is 472. The normalized spacial score (nSPS) is 27.9. The Balaban J connectivity index is 1.82. The number of aromatic nitrogens is 2. The fourth-order valence-corrected chi connectivity index (χ4v) is 3.14. The molecule has 1 aromatic heterocycles. The number of nitrogens with two attached hydrogens (primary N) is 1. The van der Waals surface area contributed by atoms with Gasteiger partial charge in [-0.15, -0.1) is 0 Å². The topological polar surface area (TPSA) is 80.7 Å². The summed E-state index contributed by atoms with van der Waals surface area (Å²) in [6.07, 6.45) is 1.71. The van der Waals surface area contributed by atoms with Crippen molar-refractivity contribution in [3.63, 3.8) is 0 Å². The summed E-state index contributed by atoms with van der Waals surface area (Å²) < 4.78 is 11.0. The van der Waals surface area contributed by atoms with Crippen molar-refractivity contribution >= 4 is 0 Å². The number of likely N-dealkylation sites (N-methyl/N-ethyl adjacent to an activating group) is 2. The van der Waals surface area contributed by atoms with E-state index in [4.69, 9.17) is 20.0 Å². The van der Waals surface area contributed by atoms with Crippen LogP contribution in [0, 0.1) is 0 Å². The highest BCUT2D eigenvalue weighted by atomic mass is 16.5. The van der Waals surface area contributed by atoms with E-state index in [1.54, 1.807) is 0 Å². The molecule has 2 N–H and O–H groups in total. The Hall–Kier alpha value is -1.02. The maximum atomic E-state index is 6.01. The molecule has 0 saturated carbocycles. The Kier molecular flexibility index (Phi) is 4.26. The molecule has 0 spiro atoms. The summed E-state index contributed by atoms with van der Waals surface area (Å²) in [5, 5.41) is 4.24. The molecule has 2 fully saturated rings. The van der Waals surface area contributed by atoms with E-state index in [-0.39, 0.29) is 11.5 Å². The highest BCUT2D eigenvalue weighted by molar-refractivity contribution is 5.09.